The fourth-order valence-corrected chi connectivity index (χ4v) is 4.52. The molecule has 0 bridgehead atoms. The van der Waals surface area contributed by atoms with Crippen LogP contribution in [0.1, 0.15) is 20.3 Å². The summed E-state index contributed by atoms with van der Waals surface area (Å²) in [5.74, 6) is 0.0775. The van der Waals surface area contributed by atoms with Crippen molar-refractivity contribution < 1.29 is 18.0 Å². The molecule has 1 unspecified atom stereocenters. The lowest BCUT2D eigenvalue weighted by atomic mass is 10.2. The second-order valence-corrected chi connectivity index (χ2v) is 8.72. The Morgan fingerprint density at radius 3 is 2.35 bits per heavy atom. The molecule has 7 nitrogen and oxygen atoms in total. The summed E-state index contributed by atoms with van der Waals surface area (Å²) in [7, 11) is -2.98. The monoisotopic (exact) mass is 343 g/mol. The van der Waals surface area contributed by atoms with Gasteiger partial charge in [-0.1, -0.05) is 5.57 Å². The summed E-state index contributed by atoms with van der Waals surface area (Å²) in [5.41, 5.74) is 0.975. The highest BCUT2D eigenvalue weighted by molar-refractivity contribution is 7.91. The fraction of sp³-hybridized carbons (Fsp3) is 0.733. The van der Waals surface area contributed by atoms with E-state index in [1.165, 1.54) is 0 Å². The molecule has 1 atom stereocenters. The third kappa shape index (κ3) is 5.62. The number of carbonyl (C=O) groups excluding carboxylic acids is 2. The van der Waals surface area contributed by atoms with E-state index in [-0.39, 0.29) is 35.9 Å². The minimum Gasteiger partial charge on any atom is -0.351 e. The first-order valence-electron chi connectivity index (χ1n) is 7.91. The number of allylic oxidation sites excluding steroid dienone is 1. The zero-order valence-corrected chi connectivity index (χ0v) is 14.6. The number of piperazine rings is 1. The van der Waals surface area contributed by atoms with Crippen LogP contribution in [0.5, 0.6) is 0 Å². The molecule has 0 saturated carbocycles. The predicted octanol–water partition coefficient (Wildman–Crippen LogP) is -0.600. The van der Waals surface area contributed by atoms with Crippen LogP contribution < -0.4 is 5.32 Å². The number of carbonyl (C=O) groups is 2. The first-order chi connectivity index (χ1) is 10.7. The first-order valence-corrected chi connectivity index (χ1v) is 9.73. The van der Waals surface area contributed by atoms with Crippen molar-refractivity contribution in [2.45, 2.75) is 26.3 Å². The van der Waals surface area contributed by atoms with Crippen molar-refractivity contribution in [2.75, 3.05) is 44.2 Å². The van der Waals surface area contributed by atoms with Crippen LogP contribution in [0, 0.1) is 0 Å². The number of amides is 2. The molecular weight excluding hydrogens is 318 g/mol. The average Bonchev–Trinajstić information content (AvgIpc) is 2.77. The van der Waals surface area contributed by atoms with Gasteiger partial charge in [0.2, 0.25) is 11.8 Å². The van der Waals surface area contributed by atoms with Gasteiger partial charge in [-0.2, -0.15) is 0 Å². The summed E-state index contributed by atoms with van der Waals surface area (Å²) in [5, 5.41) is 2.79. The molecule has 0 spiro atoms. The van der Waals surface area contributed by atoms with Gasteiger partial charge in [-0.25, -0.2) is 8.42 Å². The minimum absolute atomic E-state index is 0.0188. The molecule has 0 aliphatic carbocycles. The van der Waals surface area contributed by atoms with E-state index < -0.39 is 9.84 Å². The third-order valence-electron chi connectivity index (χ3n) is 4.06. The highest BCUT2D eigenvalue weighted by Gasteiger charge is 2.29. The lowest BCUT2D eigenvalue weighted by Crippen LogP contribution is -2.51. The summed E-state index contributed by atoms with van der Waals surface area (Å²) in [4.78, 5) is 27.7. The lowest BCUT2D eigenvalue weighted by molar-refractivity contribution is -0.128. The molecule has 2 aliphatic heterocycles. The number of hydrogen-bond donors (Lipinski definition) is 1. The molecule has 130 valence electrons. The van der Waals surface area contributed by atoms with Crippen molar-refractivity contribution in [1.82, 2.24) is 15.1 Å². The number of hydrogen-bond acceptors (Lipinski definition) is 5. The van der Waals surface area contributed by atoms with Gasteiger partial charge < -0.3 is 10.2 Å². The van der Waals surface area contributed by atoms with Crippen molar-refractivity contribution in [1.29, 1.82) is 0 Å². The van der Waals surface area contributed by atoms with E-state index in [9.17, 15) is 18.0 Å². The normalized spacial score (nSPS) is 24.3. The summed E-state index contributed by atoms with van der Waals surface area (Å²) in [6, 6.07) is -0.256. The van der Waals surface area contributed by atoms with Crippen molar-refractivity contribution in [3.05, 3.63) is 11.6 Å². The van der Waals surface area contributed by atoms with Crippen LogP contribution in [-0.2, 0) is 19.4 Å². The van der Waals surface area contributed by atoms with E-state index in [2.05, 4.69) is 5.32 Å². The Hall–Kier alpha value is -1.41. The van der Waals surface area contributed by atoms with Crippen LogP contribution in [-0.4, -0.2) is 80.3 Å². The Balaban J connectivity index is 1.73. The van der Waals surface area contributed by atoms with Gasteiger partial charge in [0.15, 0.2) is 9.84 Å². The lowest BCUT2D eigenvalue weighted by Gasteiger charge is -2.34. The molecule has 0 radical (unpaired) electrons. The molecule has 2 heterocycles. The van der Waals surface area contributed by atoms with Crippen molar-refractivity contribution in [2.24, 2.45) is 0 Å². The molecule has 2 rings (SSSR count). The first kappa shape index (κ1) is 17.9. The third-order valence-corrected chi connectivity index (χ3v) is 5.83. The topological polar surface area (TPSA) is 86.8 Å². The minimum atomic E-state index is -2.98. The average molecular weight is 343 g/mol. The Kier molecular flexibility index (Phi) is 5.80. The number of rotatable bonds is 4. The van der Waals surface area contributed by atoms with Crippen LogP contribution in [0.2, 0.25) is 0 Å². The standard InChI is InChI=1S/C15H25N3O4S/c1-12(2)9-15(20)18-6-4-17(5-7-18)10-14(19)16-13-3-8-23(21,22)11-13/h9,13H,3-8,10-11H2,1-2H3,(H,16,19). The molecular formula is C15H25N3O4S. The quantitative estimate of drug-likeness (QED) is 0.689. The Morgan fingerprint density at radius 2 is 1.83 bits per heavy atom. The molecule has 0 aromatic rings. The van der Waals surface area contributed by atoms with E-state index in [1.807, 2.05) is 18.7 Å². The van der Waals surface area contributed by atoms with Crippen molar-refractivity contribution in [3.8, 4) is 0 Å². The van der Waals surface area contributed by atoms with Gasteiger partial charge in [-0.3, -0.25) is 14.5 Å². The molecule has 2 saturated heterocycles. The van der Waals surface area contributed by atoms with E-state index in [1.54, 1.807) is 11.0 Å². The summed E-state index contributed by atoms with van der Waals surface area (Å²) in [6.07, 6.45) is 2.13. The van der Waals surface area contributed by atoms with Crippen molar-refractivity contribution >= 4 is 21.7 Å². The van der Waals surface area contributed by atoms with Crippen molar-refractivity contribution in [3.63, 3.8) is 0 Å². The Morgan fingerprint density at radius 1 is 1.17 bits per heavy atom. The van der Waals surface area contributed by atoms with E-state index in [0.29, 0.717) is 32.6 Å². The second kappa shape index (κ2) is 7.44. The molecule has 0 aromatic heterocycles. The van der Waals surface area contributed by atoms with E-state index in [0.717, 1.165) is 5.57 Å². The Labute approximate surface area is 137 Å². The second-order valence-electron chi connectivity index (χ2n) is 6.49. The molecule has 8 heteroatoms. The van der Waals surface area contributed by atoms with Gasteiger partial charge in [-0.15, -0.1) is 0 Å². The maximum atomic E-state index is 12.0. The number of sulfone groups is 1. The fourth-order valence-electron chi connectivity index (χ4n) is 2.85. The molecule has 2 fully saturated rings. The molecule has 23 heavy (non-hydrogen) atoms. The highest BCUT2D eigenvalue weighted by atomic mass is 32.2. The van der Waals surface area contributed by atoms with Gasteiger partial charge >= 0.3 is 0 Å². The highest BCUT2D eigenvalue weighted by Crippen LogP contribution is 2.11. The summed E-state index contributed by atoms with van der Waals surface area (Å²) >= 11 is 0. The van der Waals surface area contributed by atoms with Gasteiger partial charge in [0.25, 0.3) is 0 Å². The zero-order valence-electron chi connectivity index (χ0n) is 13.7. The maximum absolute atomic E-state index is 12.0. The van der Waals surface area contributed by atoms with Crippen LogP contribution in [0.25, 0.3) is 0 Å². The molecule has 2 amide bonds. The summed E-state index contributed by atoms with van der Waals surface area (Å²) in [6.45, 7) is 6.55. The van der Waals surface area contributed by atoms with Crippen LogP contribution in [0.15, 0.2) is 11.6 Å². The number of nitrogens with zero attached hydrogens (tertiary/aromatic N) is 2. The van der Waals surface area contributed by atoms with Crippen LogP contribution >= 0.6 is 0 Å². The maximum Gasteiger partial charge on any atom is 0.246 e. The van der Waals surface area contributed by atoms with Crippen LogP contribution in [0.3, 0.4) is 0 Å². The van der Waals surface area contributed by atoms with Gasteiger partial charge in [0, 0.05) is 38.3 Å². The Bertz CT molecular complexity index is 588. The molecule has 1 N–H and O–H groups in total. The zero-order chi connectivity index (χ0) is 17.0. The predicted molar refractivity (Wildman–Crippen MR) is 87.7 cm³/mol. The summed E-state index contributed by atoms with van der Waals surface area (Å²) < 4.78 is 22.8. The van der Waals surface area contributed by atoms with Gasteiger partial charge in [0.1, 0.15) is 0 Å². The van der Waals surface area contributed by atoms with E-state index >= 15 is 0 Å². The smallest absolute Gasteiger partial charge is 0.246 e. The molecule has 0 aromatic carbocycles. The largest absolute Gasteiger partial charge is 0.351 e. The van der Waals surface area contributed by atoms with Gasteiger partial charge in [0.05, 0.1) is 18.1 Å². The van der Waals surface area contributed by atoms with Crippen LogP contribution in [0.4, 0.5) is 0 Å². The van der Waals surface area contributed by atoms with Gasteiger partial charge in [-0.05, 0) is 20.3 Å². The molecule has 2 aliphatic rings. The SMILES string of the molecule is CC(C)=CC(=O)N1CCN(CC(=O)NC2CCS(=O)(=O)C2)CC1. The number of nitrogens with one attached hydrogen (secondary N) is 1. The van der Waals surface area contributed by atoms with E-state index in [4.69, 9.17) is 0 Å².